The van der Waals surface area contributed by atoms with Crippen molar-refractivity contribution in [2.24, 2.45) is 0 Å². The van der Waals surface area contributed by atoms with Crippen LogP contribution in [0.25, 0.3) is 11.4 Å². The number of aromatic nitrogens is 2. The summed E-state index contributed by atoms with van der Waals surface area (Å²) in [5.41, 5.74) is 2.73. The van der Waals surface area contributed by atoms with E-state index in [1.54, 1.807) is 12.1 Å². The lowest BCUT2D eigenvalue weighted by Crippen LogP contribution is -2.08. The first-order valence-corrected chi connectivity index (χ1v) is 6.96. The van der Waals surface area contributed by atoms with Crippen LogP contribution in [0, 0.1) is 0 Å². The number of alkyl halides is 2. The minimum Gasteiger partial charge on any atom is -0.233 e. The second kappa shape index (κ2) is 5.44. The first-order valence-electron chi connectivity index (χ1n) is 6.59. The summed E-state index contributed by atoms with van der Waals surface area (Å²) in [5.74, 6) is 0.511. The van der Waals surface area contributed by atoms with Crippen molar-refractivity contribution in [3.8, 4) is 11.4 Å². The maximum Gasteiger partial charge on any atom is 0.263 e. The molecule has 0 bridgehead atoms. The van der Waals surface area contributed by atoms with E-state index in [0.29, 0.717) is 16.5 Å². The van der Waals surface area contributed by atoms with Gasteiger partial charge in [-0.25, -0.2) is 18.7 Å². The molecule has 0 N–H and O–H groups in total. The highest BCUT2D eigenvalue weighted by atomic mass is 35.5. The van der Waals surface area contributed by atoms with Gasteiger partial charge in [0.25, 0.3) is 6.43 Å². The molecule has 0 radical (unpaired) electrons. The Labute approximate surface area is 120 Å². The Morgan fingerprint density at radius 2 is 1.70 bits per heavy atom. The molecule has 1 aliphatic carbocycles. The predicted octanol–water partition coefficient (Wildman–Crippen LogP) is 4.61. The first-order chi connectivity index (χ1) is 9.65. The molecule has 0 saturated carbocycles. The maximum absolute atomic E-state index is 12.5. The van der Waals surface area contributed by atoms with Crippen molar-refractivity contribution < 1.29 is 8.78 Å². The van der Waals surface area contributed by atoms with E-state index in [-0.39, 0.29) is 5.56 Å². The summed E-state index contributed by atoms with van der Waals surface area (Å²) in [5, 5.41) is 0.489. The standard InChI is InChI=1S/C15H13ClF2N2/c16-13-11-3-1-2-4-12(11)19-15(20-13)10-7-5-9(6-8-10)14(17)18/h5-8,14H,1-4H2. The second-order valence-electron chi connectivity index (χ2n) is 4.89. The Kier molecular flexibility index (Phi) is 3.66. The Morgan fingerprint density at radius 3 is 2.40 bits per heavy atom. The number of nitrogens with zero attached hydrogens (tertiary/aromatic N) is 2. The number of fused-ring (bicyclic) bond motifs is 1. The monoisotopic (exact) mass is 294 g/mol. The highest BCUT2D eigenvalue weighted by molar-refractivity contribution is 6.30. The lowest BCUT2D eigenvalue weighted by atomic mass is 9.97. The summed E-state index contributed by atoms with van der Waals surface area (Å²) >= 11 is 6.21. The van der Waals surface area contributed by atoms with E-state index in [0.717, 1.165) is 36.9 Å². The molecule has 2 nitrogen and oxygen atoms in total. The molecule has 1 aromatic heterocycles. The lowest BCUT2D eigenvalue weighted by molar-refractivity contribution is 0.151. The van der Waals surface area contributed by atoms with Crippen LogP contribution < -0.4 is 0 Å². The first kappa shape index (κ1) is 13.4. The van der Waals surface area contributed by atoms with Crippen LogP contribution in [0.5, 0.6) is 0 Å². The molecule has 0 saturated heterocycles. The topological polar surface area (TPSA) is 25.8 Å². The highest BCUT2D eigenvalue weighted by Gasteiger charge is 2.17. The van der Waals surface area contributed by atoms with Crippen molar-refractivity contribution >= 4 is 11.6 Å². The third-order valence-corrected chi connectivity index (χ3v) is 3.87. The molecule has 1 aliphatic rings. The number of aryl methyl sites for hydroxylation is 1. The average Bonchev–Trinajstić information content (AvgIpc) is 2.47. The third-order valence-electron chi connectivity index (χ3n) is 3.55. The second-order valence-corrected chi connectivity index (χ2v) is 5.25. The van der Waals surface area contributed by atoms with Gasteiger partial charge in [-0.2, -0.15) is 0 Å². The van der Waals surface area contributed by atoms with Crippen LogP contribution in [-0.4, -0.2) is 9.97 Å². The van der Waals surface area contributed by atoms with Gasteiger partial charge in [0.15, 0.2) is 5.82 Å². The maximum atomic E-state index is 12.5. The van der Waals surface area contributed by atoms with E-state index in [4.69, 9.17) is 11.6 Å². The number of rotatable bonds is 2. The zero-order valence-electron chi connectivity index (χ0n) is 10.7. The van der Waals surface area contributed by atoms with Crippen LogP contribution in [0.3, 0.4) is 0 Å². The van der Waals surface area contributed by atoms with E-state index in [1.165, 1.54) is 12.1 Å². The van der Waals surface area contributed by atoms with Gasteiger partial charge in [0.2, 0.25) is 0 Å². The molecule has 0 aliphatic heterocycles. The SMILES string of the molecule is FC(F)c1ccc(-c2nc(Cl)c3c(n2)CCCC3)cc1. The molecule has 104 valence electrons. The van der Waals surface area contributed by atoms with Crippen LogP contribution in [0.4, 0.5) is 8.78 Å². The summed E-state index contributed by atoms with van der Waals surface area (Å²) in [6.45, 7) is 0. The van der Waals surface area contributed by atoms with Gasteiger partial charge in [0, 0.05) is 22.4 Å². The van der Waals surface area contributed by atoms with Crippen LogP contribution in [0.1, 0.15) is 36.1 Å². The Bertz CT molecular complexity index is 627. The van der Waals surface area contributed by atoms with Gasteiger partial charge in [-0.1, -0.05) is 35.9 Å². The molecule has 0 spiro atoms. The van der Waals surface area contributed by atoms with E-state index < -0.39 is 6.43 Å². The van der Waals surface area contributed by atoms with E-state index in [1.807, 2.05) is 0 Å². The largest absolute Gasteiger partial charge is 0.263 e. The smallest absolute Gasteiger partial charge is 0.233 e. The van der Waals surface area contributed by atoms with Gasteiger partial charge in [-0.05, 0) is 25.7 Å². The van der Waals surface area contributed by atoms with Crippen LogP contribution >= 0.6 is 11.6 Å². The van der Waals surface area contributed by atoms with Gasteiger partial charge in [0.05, 0.1) is 0 Å². The molecule has 1 aromatic carbocycles. The fourth-order valence-electron chi connectivity index (χ4n) is 2.46. The lowest BCUT2D eigenvalue weighted by Gasteiger charge is -2.16. The molecular formula is C15H13ClF2N2. The van der Waals surface area contributed by atoms with E-state index in [9.17, 15) is 8.78 Å². The summed E-state index contributed by atoms with van der Waals surface area (Å²) in [4.78, 5) is 8.83. The van der Waals surface area contributed by atoms with Crippen molar-refractivity contribution in [3.05, 3.63) is 46.2 Å². The van der Waals surface area contributed by atoms with Gasteiger partial charge >= 0.3 is 0 Å². The molecule has 2 aromatic rings. The third kappa shape index (κ3) is 2.52. The van der Waals surface area contributed by atoms with Crippen molar-refractivity contribution in [2.75, 3.05) is 0 Å². The zero-order valence-corrected chi connectivity index (χ0v) is 11.5. The minimum atomic E-state index is -2.46. The fraction of sp³-hybridized carbons (Fsp3) is 0.333. The number of halogens is 3. The summed E-state index contributed by atoms with van der Waals surface area (Å²) in [6.07, 6.45) is 1.57. The van der Waals surface area contributed by atoms with Crippen molar-refractivity contribution in [2.45, 2.75) is 32.1 Å². The molecule has 3 rings (SSSR count). The number of benzene rings is 1. The van der Waals surface area contributed by atoms with Gasteiger partial charge < -0.3 is 0 Å². The quantitative estimate of drug-likeness (QED) is 0.756. The molecule has 0 unspecified atom stereocenters. The molecule has 5 heteroatoms. The fourth-order valence-corrected chi connectivity index (χ4v) is 2.74. The molecule has 1 heterocycles. The minimum absolute atomic E-state index is 0.00203. The molecule has 0 amide bonds. The predicted molar refractivity (Wildman–Crippen MR) is 74.1 cm³/mol. The van der Waals surface area contributed by atoms with Crippen molar-refractivity contribution in [3.63, 3.8) is 0 Å². The van der Waals surface area contributed by atoms with Gasteiger partial charge in [0.1, 0.15) is 5.15 Å². The summed E-state index contributed by atoms with van der Waals surface area (Å²) in [6, 6.07) is 6.03. The van der Waals surface area contributed by atoms with Crippen LogP contribution in [0.15, 0.2) is 24.3 Å². The zero-order chi connectivity index (χ0) is 14.1. The Hall–Kier alpha value is -1.55. The number of hydrogen-bond donors (Lipinski definition) is 0. The average molecular weight is 295 g/mol. The van der Waals surface area contributed by atoms with Gasteiger partial charge in [-0.15, -0.1) is 0 Å². The Morgan fingerprint density at radius 1 is 1.00 bits per heavy atom. The highest BCUT2D eigenvalue weighted by Crippen LogP contribution is 2.29. The Balaban J connectivity index is 1.99. The van der Waals surface area contributed by atoms with E-state index in [2.05, 4.69) is 9.97 Å². The number of hydrogen-bond acceptors (Lipinski definition) is 2. The van der Waals surface area contributed by atoms with Crippen LogP contribution in [-0.2, 0) is 12.8 Å². The summed E-state index contributed by atoms with van der Waals surface area (Å²) < 4.78 is 25.1. The molecule has 0 atom stereocenters. The van der Waals surface area contributed by atoms with Crippen LogP contribution in [0.2, 0.25) is 5.15 Å². The molecule has 20 heavy (non-hydrogen) atoms. The van der Waals surface area contributed by atoms with Crippen molar-refractivity contribution in [1.29, 1.82) is 0 Å². The van der Waals surface area contributed by atoms with Crippen molar-refractivity contribution in [1.82, 2.24) is 9.97 Å². The molecular weight excluding hydrogens is 282 g/mol. The van der Waals surface area contributed by atoms with Gasteiger partial charge in [-0.3, -0.25) is 0 Å². The molecule has 0 fully saturated rings. The normalized spacial score (nSPS) is 14.4. The summed E-state index contributed by atoms with van der Waals surface area (Å²) in [7, 11) is 0. The van der Waals surface area contributed by atoms with E-state index >= 15 is 0 Å².